The van der Waals surface area contributed by atoms with Crippen LogP contribution in [0.5, 0.6) is 0 Å². The molecule has 0 unspecified atom stereocenters. The van der Waals surface area contributed by atoms with Gasteiger partial charge < -0.3 is 20.1 Å². The summed E-state index contributed by atoms with van der Waals surface area (Å²) in [5, 5.41) is 11.4. The number of ether oxygens (including phenoxy) is 1. The van der Waals surface area contributed by atoms with Crippen molar-refractivity contribution in [2.24, 2.45) is 0 Å². The molecule has 2 N–H and O–H groups in total. The predicted octanol–water partition coefficient (Wildman–Crippen LogP) is 0.983. The van der Waals surface area contributed by atoms with Gasteiger partial charge in [0.15, 0.2) is 4.99 Å². The first-order valence-corrected chi connectivity index (χ1v) is 6.50. The lowest BCUT2D eigenvalue weighted by atomic mass is 10.2. The predicted molar refractivity (Wildman–Crippen MR) is 77.0 cm³/mol. The van der Waals surface area contributed by atoms with E-state index in [1.165, 1.54) is 24.3 Å². The van der Waals surface area contributed by atoms with Crippen LogP contribution in [-0.2, 0) is 9.53 Å². The number of benzene rings is 1. The molecule has 20 heavy (non-hydrogen) atoms. The van der Waals surface area contributed by atoms with Gasteiger partial charge in [-0.2, -0.15) is 0 Å². The van der Waals surface area contributed by atoms with Gasteiger partial charge in [0.1, 0.15) is 0 Å². The topological polar surface area (TPSA) is 78.9 Å². The largest absolute Gasteiger partial charge is 0.478 e. The first-order valence-electron chi connectivity index (χ1n) is 6.09. The summed E-state index contributed by atoms with van der Waals surface area (Å²) in [6, 6.07) is 5.91. The third kappa shape index (κ3) is 3.52. The van der Waals surface area contributed by atoms with E-state index in [1.54, 1.807) is 4.90 Å². The molecule has 1 aliphatic rings. The van der Waals surface area contributed by atoms with E-state index < -0.39 is 5.97 Å². The summed E-state index contributed by atoms with van der Waals surface area (Å²) in [5.41, 5.74) is 0.675. The van der Waals surface area contributed by atoms with Crippen LogP contribution in [0, 0.1) is 0 Å². The van der Waals surface area contributed by atoms with Crippen molar-refractivity contribution < 1.29 is 19.4 Å². The Bertz CT molecular complexity index is 524. The smallest absolute Gasteiger partial charge is 0.335 e. The zero-order valence-corrected chi connectivity index (χ0v) is 11.5. The number of carbonyl (C=O) groups is 2. The number of carboxylic acids is 1. The molecular weight excluding hydrogens is 280 g/mol. The van der Waals surface area contributed by atoms with Gasteiger partial charge in [-0.15, -0.1) is 0 Å². The molecule has 1 aliphatic heterocycles. The number of hydrogen-bond acceptors (Lipinski definition) is 4. The van der Waals surface area contributed by atoms with Crippen LogP contribution in [0.4, 0.5) is 5.69 Å². The molecule has 7 heteroatoms. The minimum absolute atomic E-state index is 0.166. The molecular formula is C13H14N2O4S. The molecule has 6 nitrogen and oxygen atoms in total. The molecule has 2 rings (SSSR count). The van der Waals surface area contributed by atoms with Gasteiger partial charge in [-0.3, -0.25) is 4.79 Å². The molecule has 1 fully saturated rings. The van der Waals surface area contributed by atoms with Crippen molar-refractivity contribution in [3.8, 4) is 0 Å². The second-order valence-electron chi connectivity index (χ2n) is 4.24. The summed E-state index contributed by atoms with van der Waals surface area (Å²) < 4.78 is 5.19. The van der Waals surface area contributed by atoms with E-state index >= 15 is 0 Å². The van der Waals surface area contributed by atoms with E-state index in [0.717, 1.165) is 0 Å². The summed E-state index contributed by atoms with van der Waals surface area (Å²) in [7, 11) is 0. The Kier molecular flexibility index (Phi) is 4.65. The van der Waals surface area contributed by atoms with Gasteiger partial charge in [-0.25, -0.2) is 4.79 Å². The molecule has 0 radical (unpaired) electrons. The Morgan fingerprint density at radius 1 is 1.20 bits per heavy atom. The number of carbonyl (C=O) groups excluding carboxylic acids is 1. The monoisotopic (exact) mass is 294 g/mol. The fourth-order valence-corrected chi connectivity index (χ4v) is 2.02. The van der Waals surface area contributed by atoms with Gasteiger partial charge in [0, 0.05) is 18.8 Å². The van der Waals surface area contributed by atoms with Crippen LogP contribution in [-0.4, -0.2) is 53.2 Å². The number of anilines is 1. The molecule has 106 valence electrons. The minimum Gasteiger partial charge on any atom is -0.478 e. The standard InChI is InChI=1S/C13H14N2O4S/c16-11(12(20)15-5-7-19-8-6-15)14-10-3-1-9(2-4-10)13(17)18/h1-4H,5-8H2,(H,14,16)(H,17,18). The van der Waals surface area contributed by atoms with Crippen molar-refractivity contribution in [1.82, 2.24) is 4.90 Å². The molecule has 0 aliphatic carbocycles. The minimum atomic E-state index is -1.01. The van der Waals surface area contributed by atoms with E-state index in [0.29, 0.717) is 32.0 Å². The van der Waals surface area contributed by atoms with E-state index in [2.05, 4.69) is 5.32 Å². The Labute approximate surface area is 121 Å². The number of morpholine rings is 1. The molecule has 0 saturated carbocycles. The van der Waals surface area contributed by atoms with Crippen LogP contribution >= 0.6 is 12.2 Å². The van der Waals surface area contributed by atoms with Crippen molar-refractivity contribution in [2.45, 2.75) is 0 Å². The van der Waals surface area contributed by atoms with Gasteiger partial charge in [-0.1, -0.05) is 12.2 Å². The average Bonchev–Trinajstić information content (AvgIpc) is 2.48. The van der Waals surface area contributed by atoms with Crippen molar-refractivity contribution in [3.63, 3.8) is 0 Å². The molecule has 0 aromatic heterocycles. The zero-order valence-electron chi connectivity index (χ0n) is 10.7. The van der Waals surface area contributed by atoms with Crippen LogP contribution in [0.1, 0.15) is 10.4 Å². The lowest BCUT2D eigenvalue weighted by Crippen LogP contribution is -2.44. The second-order valence-corrected chi connectivity index (χ2v) is 4.63. The van der Waals surface area contributed by atoms with E-state index in [-0.39, 0.29) is 16.5 Å². The van der Waals surface area contributed by atoms with Crippen molar-refractivity contribution >= 4 is 34.8 Å². The summed E-state index contributed by atoms with van der Waals surface area (Å²) in [5.74, 6) is -1.38. The maximum atomic E-state index is 12.0. The number of rotatable bonds is 2. The van der Waals surface area contributed by atoms with Crippen molar-refractivity contribution in [3.05, 3.63) is 29.8 Å². The number of carboxylic acid groups (broad SMARTS) is 1. The van der Waals surface area contributed by atoms with Gasteiger partial charge in [-0.05, 0) is 24.3 Å². The summed E-state index contributed by atoms with van der Waals surface area (Å²) in [6.45, 7) is 2.32. The highest BCUT2D eigenvalue weighted by Gasteiger charge is 2.19. The van der Waals surface area contributed by atoms with Crippen LogP contribution in [0.25, 0.3) is 0 Å². The Balaban J connectivity index is 1.96. The number of amides is 1. The van der Waals surface area contributed by atoms with Crippen LogP contribution < -0.4 is 5.32 Å². The first kappa shape index (κ1) is 14.4. The van der Waals surface area contributed by atoms with Gasteiger partial charge in [0.2, 0.25) is 0 Å². The number of nitrogens with one attached hydrogen (secondary N) is 1. The quantitative estimate of drug-likeness (QED) is 0.792. The number of nitrogens with zero attached hydrogens (tertiary/aromatic N) is 1. The highest BCUT2D eigenvalue weighted by molar-refractivity contribution is 7.82. The summed E-state index contributed by atoms with van der Waals surface area (Å²) in [6.07, 6.45) is 0. The highest BCUT2D eigenvalue weighted by atomic mass is 32.1. The van der Waals surface area contributed by atoms with Crippen LogP contribution in [0.15, 0.2) is 24.3 Å². The average molecular weight is 294 g/mol. The van der Waals surface area contributed by atoms with Crippen molar-refractivity contribution in [2.75, 3.05) is 31.6 Å². The Hall–Kier alpha value is -1.99. The zero-order chi connectivity index (χ0) is 14.5. The fourth-order valence-electron chi connectivity index (χ4n) is 1.79. The summed E-state index contributed by atoms with van der Waals surface area (Å²) >= 11 is 5.13. The van der Waals surface area contributed by atoms with Crippen molar-refractivity contribution in [1.29, 1.82) is 0 Å². The number of aromatic carboxylic acids is 1. The molecule has 1 heterocycles. The molecule has 1 aromatic rings. The maximum Gasteiger partial charge on any atom is 0.335 e. The van der Waals surface area contributed by atoms with E-state index in [1.807, 2.05) is 0 Å². The molecule has 1 amide bonds. The van der Waals surface area contributed by atoms with E-state index in [9.17, 15) is 9.59 Å². The Morgan fingerprint density at radius 2 is 1.80 bits per heavy atom. The third-order valence-corrected chi connectivity index (χ3v) is 3.33. The second kappa shape index (κ2) is 6.44. The molecule has 1 saturated heterocycles. The molecule has 0 atom stereocenters. The van der Waals surface area contributed by atoms with Gasteiger partial charge in [0.05, 0.1) is 18.8 Å². The van der Waals surface area contributed by atoms with E-state index in [4.69, 9.17) is 22.1 Å². The SMILES string of the molecule is O=C(Nc1ccc(C(=O)O)cc1)C(=S)N1CCOCC1. The molecule has 0 spiro atoms. The summed E-state index contributed by atoms with van der Waals surface area (Å²) in [4.78, 5) is 24.7. The normalized spacial score (nSPS) is 14.7. The maximum absolute atomic E-state index is 12.0. The third-order valence-electron chi connectivity index (χ3n) is 2.88. The first-order chi connectivity index (χ1) is 9.58. The lowest BCUT2D eigenvalue weighted by Gasteiger charge is -2.28. The molecule has 0 bridgehead atoms. The number of hydrogen-bond donors (Lipinski definition) is 2. The van der Waals surface area contributed by atoms with Crippen LogP contribution in [0.3, 0.4) is 0 Å². The van der Waals surface area contributed by atoms with Gasteiger partial charge >= 0.3 is 5.97 Å². The lowest BCUT2D eigenvalue weighted by molar-refractivity contribution is -0.111. The van der Waals surface area contributed by atoms with Gasteiger partial charge in [0.25, 0.3) is 5.91 Å². The number of thiocarbonyl (C=S) groups is 1. The molecule has 1 aromatic carbocycles. The Morgan fingerprint density at radius 3 is 2.35 bits per heavy atom. The van der Waals surface area contributed by atoms with Crippen LogP contribution in [0.2, 0.25) is 0 Å². The highest BCUT2D eigenvalue weighted by Crippen LogP contribution is 2.10. The fraction of sp³-hybridized carbons (Fsp3) is 0.308.